The van der Waals surface area contributed by atoms with Crippen molar-refractivity contribution in [2.75, 3.05) is 25.6 Å². The number of hydrogen-bond donors (Lipinski definition) is 1. The smallest absolute Gasteiger partial charge is 0.264 e. The van der Waals surface area contributed by atoms with Gasteiger partial charge in [0, 0.05) is 25.9 Å². The van der Waals surface area contributed by atoms with E-state index in [1.54, 1.807) is 7.05 Å². The van der Waals surface area contributed by atoms with Crippen molar-refractivity contribution in [3.63, 3.8) is 0 Å². The molecule has 0 aliphatic rings. The highest BCUT2D eigenvalue weighted by Crippen LogP contribution is 2.21. The van der Waals surface area contributed by atoms with Gasteiger partial charge in [-0.2, -0.15) is 5.10 Å². The Morgan fingerprint density at radius 3 is 2.89 bits per heavy atom. The maximum absolute atomic E-state index is 14.0. The van der Waals surface area contributed by atoms with Crippen LogP contribution in [0.5, 0.6) is 5.75 Å². The summed E-state index contributed by atoms with van der Waals surface area (Å²) in [5.41, 5.74) is 0.305. The second kappa shape index (κ2) is 7.96. The number of ether oxygens (including phenoxy) is 2. The third kappa shape index (κ3) is 4.11. The highest BCUT2D eigenvalue weighted by Gasteiger charge is 2.12. The fraction of sp³-hybridized carbons (Fsp3) is 0.294. The first-order valence-corrected chi connectivity index (χ1v) is 8.08. The Kier molecular flexibility index (Phi) is 5.46. The van der Waals surface area contributed by atoms with Crippen LogP contribution < -0.4 is 15.6 Å². The van der Waals surface area contributed by atoms with Gasteiger partial charge in [-0.25, -0.2) is 9.37 Å². The predicted octanol–water partition coefficient (Wildman–Crippen LogP) is 0.933. The number of fused-ring (bicyclic) bond motifs is 1. The van der Waals surface area contributed by atoms with Crippen LogP contribution in [0.1, 0.15) is 0 Å². The minimum Gasteiger partial charge on any atom is -0.488 e. The molecule has 10 heteroatoms. The first-order valence-electron chi connectivity index (χ1n) is 8.08. The van der Waals surface area contributed by atoms with Gasteiger partial charge in [0.15, 0.2) is 17.2 Å². The molecule has 0 atom stereocenters. The van der Waals surface area contributed by atoms with Crippen LogP contribution in [0, 0.1) is 5.82 Å². The predicted molar refractivity (Wildman–Crippen MR) is 95.2 cm³/mol. The van der Waals surface area contributed by atoms with Gasteiger partial charge in [0.05, 0.1) is 12.8 Å². The fourth-order valence-corrected chi connectivity index (χ4v) is 2.47. The molecule has 9 nitrogen and oxygen atoms in total. The van der Waals surface area contributed by atoms with Crippen LogP contribution in [0.15, 0.2) is 35.5 Å². The van der Waals surface area contributed by atoms with Crippen molar-refractivity contribution in [2.45, 2.75) is 6.54 Å². The van der Waals surface area contributed by atoms with E-state index in [1.165, 1.54) is 36.4 Å². The summed E-state index contributed by atoms with van der Waals surface area (Å²) < 4.78 is 26.7. The monoisotopic (exact) mass is 375 g/mol. The molecule has 0 saturated carbocycles. The van der Waals surface area contributed by atoms with E-state index in [1.807, 2.05) is 0 Å². The topological polar surface area (TPSA) is 100 Å². The minimum absolute atomic E-state index is 0.0625. The Balaban J connectivity index is 1.68. The summed E-state index contributed by atoms with van der Waals surface area (Å²) in [5.74, 6) is -1.04. The molecular weight excluding hydrogens is 357 g/mol. The van der Waals surface area contributed by atoms with Crippen molar-refractivity contribution in [3.8, 4) is 5.75 Å². The van der Waals surface area contributed by atoms with Gasteiger partial charge in [-0.05, 0) is 12.1 Å². The SMILES string of the molecule is COCCOc1ccc(NC(=O)Cn2cnc3c(cnn3C)c2=O)cc1F. The van der Waals surface area contributed by atoms with Crippen molar-refractivity contribution in [1.82, 2.24) is 19.3 Å². The lowest BCUT2D eigenvalue weighted by atomic mass is 10.3. The van der Waals surface area contributed by atoms with E-state index in [9.17, 15) is 14.0 Å². The van der Waals surface area contributed by atoms with Gasteiger partial charge in [0.25, 0.3) is 5.56 Å². The molecule has 3 aromatic rings. The first kappa shape index (κ1) is 18.5. The van der Waals surface area contributed by atoms with E-state index in [4.69, 9.17) is 9.47 Å². The summed E-state index contributed by atoms with van der Waals surface area (Å²) in [4.78, 5) is 28.7. The van der Waals surface area contributed by atoms with Gasteiger partial charge in [-0.3, -0.25) is 18.8 Å². The molecule has 27 heavy (non-hydrogen) atoms. The van der Waals surface area contributed by atoms with Gasteiger partial charge in [-0.1, -0.05) is 0 Å². The van der Waals surface area contributed by atoms with Crippen LogP contribution in [0.4, 0.5) is 10.1 Å². The summed E-state index contributed by atoms with van der Waals surface area (Å²) in [7, 11) is 3.19. The number of carbonyl (C=O) groups is 1. The van der Waals surface area contributed by atoms with E-state index >= 15 is 0 Å². The van der Waals surface area contributed by atoms with Crippen LogP contribution in [-0.2, 0) is 23.1 Å². The number of benzene rings is 1. The Hall–Kier alpha value is -3.27. The minimum atomic E-state index is -0.612. The summed E-state index contributed by atoms with van der Waals surface area (Å²) >= 11 is 0. The molecule has 142 valence electrons. The molecular formula is C17H18FN5O4. The van der Waals surface area contributed by atoms with E-state index in [2.05, 4.69) is 15.4 Å². The Bertz CT molecular complexity index is 1030. The van der Waals surface area contributed by atoms with Gasteiger partial charge in [-0.15, -0.1) is 0 Å². The van der Waals surface area contributed by atoms with Crippen LogP contribution in [0.2, 0.25) is 0 Å². The average molecular weight is 375 g/mol. The van der Waals surface area contributed by atoms with Crippen molar-refractivity contribution < 1.29 is 18.7 Å². The quantitative estimate of drug-likeness (QED) is 0.617. The molecule has 2 heterocycles. The number of hydrogen-bond acceptors (Lipinski definition) is 6. The Morgan fingerprint density at radius 1 is 1.33 bits per heavy atom. The Labute approximate surface area is 153 Å². The average Bonchev–Trinajstić information content (AvgIpc) is 3.01. The number of anilines is 1. The molecule has 0 radical (unpaired) electrons. The zero-order valence-electron chi connectivity index (χ0n) is 14.8. The van der Waals surface area contributed by atoms with Crippen LogP contribution >= 0.6 is 0 Å². The number of rotatable bonds is 7. The first-order chi connectivity index (χ1) is 13.0. The molecule has 0 aliphatic carbocycles. The lowest BCUT2D eigenvalue weighted by Crippen LogP contribution is -2.27. The molecule has 0 saturated heterocycles. The molecule has 1 N–H and O–H groups in total. The number of aromatic nitrogens is 4. The molecule has 0 aliphatic heterocycles. The van der Waals surface area contributed by atoms with Crippen LogP contribution in [0.25, 0.3) is 11.0 Å². The van der Waals surface area contributed by atoms with Crippen molar-refractivity contribution in [3.05, 3.63) is 46.9 Å². The lowest BCUT2D eigenvalue weighted by molar-refractivity contribution is -0.116. The normalized spacial score (nSPS) is 10.9. The van der Waals surface area contributed by atoms with E-state index in [0.717, 1.165) is 10.6 Å². The molecule has 0 bridgehead atoms. The summed E-state index contributed by atoms with van der Waals surface area (Å²) in [6.07, 6.45) is 2.68. The third-order valence-electron chi connectivity index (χ3n) is 3.79. The largest absolute Gasteiger partial charge is 0.488 e. The number of nitrogens with zero attached hydrogens (tertiary/aromatic N) is 4. The number of amides is 1. The van der Waals surface area contributed by atoms with E-state index in [0.29, 0.717) is 17.6 Å². The third-order valence-corrected chi connectivity index (χ3v) is 3.79. The maximum atomic E-state index is 14.0. The lowest BCUT2D eigenvalue weighted by Gasteiger charge is -2.10. The van der Waals surface area contributed by atoms with Crippen molar-refractivity contribution in [2.24, 2.45) is 7.05 Å². The number of aryl methyl sites for hydroxylation is 1. The summed E-state index contributed by atoms with van der Waals surface area (Å²) in [5, 5.41) is 6.82. The van der Waals surface area contributed by atoms with Crippen LogP contribution in [-0.4, -0.2) is 45.6 Å². The second-order valence-electron chi connectivity index (χ2n) is 5.72. The van der Waals surface area contributed by atoms with Crippen LogP contribution in [0.3, 0.4) is 0 Å². The number of methoxy groups -OCH3 is 1. The number of halogens is 1. The highest BCUT2D eigenvalue weighted by atomic mass is 19.1. The zero-order chi connectivity index (χ0) is 19.4. The number of nitrogens with one attached hydrogen (secondary N) is 1. The standard InChI is InChI=1S/C17H18FN5O4/c1-22-16-12(8-20-22)17(25)23(10-19-16)9-15(24)21-11-3-4-14(13(18)7-11)27-6-5-26-2/h3-4,7-8,10H,5-6,9H2,1-2H3,(H,21,24). The summed E-state index contributed by atoms with van der Waals surface area (Å²) in [6.45, 7) is 0.290. The van der Waals surface area contributed by atoms with Crippen molar-refractivity contribution in [1.29, 1.82) is 0 Å². The summed E-state index contributed by atoms with van der Waals surface area (Å²) in [6, 6.07) is 4.07. The number of carbonyl (C=O) groups excluding carboxylic acids is 1. The van der Waals surface area contributed by atoms with E-state index in [-0.39, 0.29) is 30.1 Å². The molecule has 3 rings (SSSR count). The molecule has 2 aromatic heterocycles. The Morgan fingerprint density at radius 2 is 2.15 bits per heavy atom. The maximum Gasteiger partial charge on any atom is 0.264 e. The molecule has 0 fully saturated rings. The highest BCUT2D eigenvalue weighted by molar-refractivity contribution is 5.90. The van der Waals surface area contributed by atoms with Gasteiger partial charge >= 0.3 is 0 Å². The molecule has 1 aromatic carbocycles. The zero-order valence-corrected chi connectivity index (χ0v) is 14.8. The molecule has 0 spiro atoms. The van der Waals surface area contributed by atoms with Gasteiger partial charge < -0.3 is 14.8 Å². The van der Waals surface area contributed by atoms with Crippen molar-refractivity contribution >= 4 is 22.6 Å². The molecule has 1 amide bonds. The fourth-order valence-electron chi connectivity index (χ4n) is 2.47. The van der Waals surface area contributed by atoms with E-state index < -0.39 is 11.7 Å². The molecule has 0 unspecified atom stereocenters. The van der Waals surface area contributed by atoms with Gasteiger partial charge in [0.2, 0.25) is 5.91 Å². The van der Waals surface area contributed by atoms with Gasteiger partial charge in [0.1, 0.15) is 24.9 Å². The second-order valence-corrected chi connectivity index (χ2v) is 5.72.